The zero-order chi connectivity index (χ0) is 34.9. The predicted octanol–water partition coefficient (Wildman–Crippen LogP) is 12.7. The Labute approximate surface area is 297 Å². The first-order chi connectivity index (χ1) is 23.1. The Morgan fingerprint density at radius 2 is 1.16 bits per heavy atom. The molecule has 49 heavy (non-hydrogen) atoms. The Balaban J connectivity index is 1.37. The highest BCUT2D eigenvalue weighted by atomic mass is 28.3. The van der Waals surface area contributed by atoms with Gasteiger partial charge in [-0.3, -0.25) is 0 Å². The van der Waals surface area contributed by atoms with Crippen LogP contribution in [0, 0.1) is 11.8 Å². The number of hydrogen-bond donors (Lipinski definition) is 0. The Bertz CT molecular complexity index is 1820. The van der Waals surface area contributed by atoms with Gasteiger partial charge in [0.2, 0.25) is 0 Å². The van der Waals surface area contributed by atoms with E-state index >= 15 is 0 Å². The molecule has 0 bridgehead atoms. The van der Waals surface area contributed by atoms with E-state index in [4.69, 9.17) is 0 Å². The summed E-state index contributed by atoms with van der Waals surface area (Å²) in [4.78, 5) is 2.40. The molecule has 0 radical (unpaired) electrons. The van der Waals surface area contributed by atoms with Gasteiger partial charge < -0.3 is 9.47 Å². The lowest BCUT2D eigenvalue weighted by molar-refractivity contribution is 0.122. The van der Waals surface area contributed by atoms with Gasteiger partial charge in [-0.05, 0) is 135 Å². The molecule has 0 aromatic heterocycles. The second-order valence-corrected chi connectivity index (χ2v) is 22.4. The molecule has 254 valence electrons. The van der Waals surface area contributed by atoms with Crippen LogP contribution in [-0.4, -0.2) is 23.9 Å². The lowest BCUT2D eigenvalue weighted by atomic mass is 9.73. The highest BCUT2D eigenvalue weighted by Gasteiger charge is 2.57. The van der Waals surface area contributed by atoms with Crippen LogP contribution >= 0.6 is 0 Å². The average Bonchev–Trinajstić information content (AvgIpc) is 3.53. The van der Waals surface area contributed by atoms with E-state index in [2.05, 4.69) is 199 Å². The van der Waals surface area contributed by atoms with Crippen molar-refractivity contribution in [3.63, 3.8) is 0 Å². The van der Waals surface area contributed by atoms with Gasteiger partial charge in [-0.15, -0.1) is 0 Å². The van der Waals surface area contributed by atoms with Crippen molar-refractivity contribution in [3.8, 4) is 0 Å². The first-order valence-corrected chi connectivity index (χ1v) is 21.5. The van der Waals surface area contributed by atoms with Crippen molar-refractivity contribution in [1.29, 1.82) is 0 Å². The smallest absolute Gasteiger partial charge is 0.127 e. The molecule has 1 fully saturated rings. The molecule has 3 aliphatic carbocycles. The molecule has 4 aromatic carbocycles. The largest absolute Gasteiger partial charge is 0.314 e. The van der Waals surface area contributed by atoms with E-state index in [-0.39, 0.29) is 16.5 Å². The van der Waals surface area contributed by atoms with Crippen molar-refractivity contribution in [2.24, 2.45) is 11.8 Å². The molecule has 4 unspecified atom stereocenters. The third-order valence-electron chi connectivity index (χ3n) is 11.9. The number of anilines is 3. The molecular weight excluding hydrogens is 609 g/mol. The molecule has 0 spiro atoms. The van der Waals surface area contributed by atoms with Gasteiger partial charge in [0.25, 0.3) is 0 Å². The number of rotatable bonds is 6. The lowest BCUT2D eigenvalue weighted by Crippen LogP contribution is -2.67. The summed E-state index contributed by atoms with van der Waals surface area (Å²) in [6.45, 7) is 24.9. The van der Waals surface area contributed by atoms with Crippen molar-refractivity contribution in [1.82, 2.24) is 4.57 Å². The topological polar surface area (TPSA) is 6.48 Å². The minimum absolute atomic E-state index is 0.0870. The summed E-state index contributed by atoms with van der Waals surface area (Å²) in [6, 6.07) is 40.3. The number of nitrogens with zero attached hydrogens (tertiary/aromatic N) is 2. The summed E-state index contributed by atoms with van der Waals surface area (Å²) >= 11 is 0. The third-order valence-corrected chi connectivity index (χ3v) is 16.8. The van der Waals surface area contributed by atoms with Gasteiger partial charge in [-0.25, -0.2) is 0 Å². The van der Waals surface area contributed by atoms with E-state index in [0.29, 0.717) is 23.3 Å². The second kappa shape index (κ2) is 12.0. The Kier molecular flexibility index (Phi) is 8.27. The number of allylic oxidation sites excluding steroid dienone is 4. The van der Waals surface area contributed by atoms with Crippen LogP contribution in [0.1, 0.15) is 84.4 Å². The molecule has 0 N–H and O–H groups in total. The Morgan fingerprint density at radius 1 is 0.633 bits per heavy atom. The van der Waals surface area contributed by atoms with Gasteiger partial charge in [0.15, 0.2) is 0 Å². The standard InChI is InChI=1S/C46H56N2Si/c1-44(2,3)48(45(4,5)6)49(9,10)43-31-37(32-20-14-11-15-21-32)38-30-42-39(29-40(38)43)36-27-26-35(28-41(36)46(42,7)8)47(33-22-16-12-17-23-33)34-24-18-13-19-25-34/h11-30,37-38,40,43H,31H2,1-10H3. The maximum atomic E-state index is 2.96. The molecule has 3 aliphatic rings. The van der Waals surface area contributed by atoms with Gasteiger partial charge in [0.1, 0.15) is 8.24 Å². The number of fused-ring (bicyclic) bond motifs is 4. The molecule has 0 aliphatic heterocycles. The van der Waals surface area contributed by atoms with Crippen molar-refractivity contribution < 1.29 is 0 Å². The minimum Gasteiger partial charge on any atom is -0.314 e. The van der Waals surface area contributed by atoms with Crippen LogP contribution in [0.3, 0.4) is 0 Å². The molecule has 7 rings (SSSR count). The Hall–Kier alpha value is -3.66. The highest BCUT2D eigenvalue weighted by Crippen LogP contribution is 2.63. The van der Waals surface area contributed by atoms with Crippen LogP contribution in [0.4, 0.5) is 17.1 Å². The molecule has 4 aromatic rings. The summed E-state index contributed by atoms with van der Waals surface area (Å²) in [5.74, 6) is 1.54. The van der Waals surface area contributed by atoms with E-state index in [1.165, 1.54) is 51.3 Å². The SMILES string of the molecule is CC1(C)C2=CC3C(c4ccccc4)CC([Si](C)(C)N(C(C)(C)C)C(C)(C)C)C3C=C2c2ccc(N(c3ccccc3)c3ccccc3)cc21. The summed E-state index contributed by atoms with van der Waals surface area (Å²) in [7, 11) is -1.97. The van der Waals surface area contributed by atoms with Gasteiger partial charge in [-0.1, -0.05) is 112 Å². The van der Waals surface area contributed by atoms with Crippen molar-refractivity contribution in [2.75, 3.05) is 4.90 Å². The quantitative estimate of drug-likeness (QED) is 0.189. The summed E-state index contributed by atoms with van der Waals surface area (Å²) < 4.78 is 2.96. The number of para-hydroxylation sites is 2. The number of hydrogen-bond acceptors (Lipinski definition) is 2. The van der Waals surface area contributed by atoms with Crippen molar-refractivity contribution in [2.45, 2.75) is 103 Å². The highest BCUT2D eigenvalue weighted by molar-refractivity contribution is 6.76. The molecule has 2 nitrogen and oxygen atoms in total. The molecule has 4 atom stereocenters. The van der Waals surface area contributed by atoms with Gasteiger partial charge in [-0.2, -0.15) is 0 Å². The molecule has 1 saturated carbocycles. The average molecular weight is 665 g/mol. The first kappa shape index (κ1) is 33.8. The molecule has 0 heterocycles. The zero-order valence-electron chi connectivity index (χ0n) is 31.5. The van der Waals surface area contributed by atoms with Gasteiger partial charge in [0.05, 0.1) is 0 Å². The van der Waals surface area contributed by atoms with Crippen LogP contribution in [0.15, 0.2) is 127 Å². The Morgan fingerprint density at radius 3 is 1.69 bits per heavy atom. The van der Waals surface area contributed by atoms with E-state index in [9.17, 15) is 0 Å². The maximum Gasteiger partial charge on any atom is 0.127 e. The zero-order valence-corrected chi connectivity index (χ0v) is 32.5. The van der Waals surface area contributed by atoms with E-state index in [0.717, 1.165) is 0 Å². The van der Waals surface area contributed by atoms with Gasteiger partial charge >= 0.3 is 0 Å². The fraction of sp³-hybridized carbons (Fsp3) is 0.391. The first-order valence-electron chi connectivity index (χ1n) is 18.4. The number of benzene rings is 4. The second-order valence-electron chi connectivity index (χ2n) is 17.9. The summed E-state index contributed by atoms with van der Waals surface area (Å²) in [5, 5.41) is 0. The third kappa shape index (κ3) is 5.77. The fourth-order valence-corrected chi connectivity index (χ4v) is 16.7. The summed E-state index contributed by atoms with van der Waals surface area (Å²) in [6.07, 6.45) is 6.78. The van der Waals surface area contributed by atoms with Crippen LogP contribution in [0.5, 0.6) is 0 Å². The van der Waals surface area contributed by atoms with E-state index in [1.807, 2.05) is 0 Å². The fourth-order valence-electron chi connectivity index (χ4n) is 10.8. The monoisotopic (exact) mass is 664 g/mol. The summed E-state index contributed by atoms with van der Waals surface area (Å²) in [5.41, 5.74) is 11.7. The van der Waals surface area contributed by atoms with Crippen LogP contribution in [0.25, 0.3) is 5.57 Å². The molecular formula is C46H56N2Si. The van der Waals surface area contributed by atoms with Crippen LogP contribution in [-0.2, 0) is 5.41 Å². The predicted molar refractivity (Wildman–Crippen MR) is 214 cm³/mol. The lowest BCUT2D eigenvalue weighted by Gasteiger charge is -2.57. The molecule has 3 heteroatoms. The van der Waals surface area contributed by atoms with Crippen LogP contribution < -0.4 is 4.90 Å². The molecule has 0 amide bonds. The maximum absolute atomic E-state index is 2.96. The molecule has 0 saturated heterocycles. The van der Waals surface area contributed by atoms with Crippen LogP contribution in [0.2, 0.25) is 18.6 Å². The normalized spacial score (nSPS) is 23.0. The van der Waals surface area contributed by atoms with Crippen molar-refractivity contribution >= 4 is 30.9 Å². The van der Waals surface area contributed by atoms with Gasteiger partial charge in [0, 0.05) is 33.6 Å². The van der Waals surface area contributed by atoms with E-state index in [1.54, 1.807) is 0 Å². The van der Waals surface area contributed by atoms with Crippen molar-refractivity contribution in [3.05, 3.63) is 144 Å². The van der Waals surface area contributed by atoms with E-state index < -0.39 is 8.24 Å². The minimum atomic E-state index is -1.97.